The molecule has 8 nitrogen and oxygen atoms in total. The van der Waals surface area contributed by atoms with Crippen molar-refractivity contribution in [3.8, 4) is 17.2 Å². The highest BCUT2D eigenvalue weighted by atomic mass is 35.5. The first-order valence-electron chi connectivity index (χ1n) is 9.90. The molecule has 0 bridgehead atoms. The van der Waals surface area contributed by atoms with Gasteiger partial charge >= 0.3 is 0 Å². The van der Waals surface area contributed by atoms with Crippen LogP contribution in [0.4, 0.5) is 5.69 Å². The summed E-state index contributed by atoms with van der Waals surface area (Å²) in [5.41, 5.74) is 1.64. The molecule has 0 saturated heterocycles. The Balaban J connectivity index is 1.62. The predicted octanol–water partition coefficient (Wildman–Crippen LogP) is 4.59. The highest BCUT2D eigenvalue weighted by molar-refractivity contribution is 7.99. The number of nitrogens with zero attached hydrogens (tertiary/aromatic N) is 3. The zero-order chi connectivity index (χ0) is 23.1. The van der Waals surface area contributed by atoms with Crippen LogP contribution in [0, 0.1) is 6.92 Å². The van der Waals surface area contributed by atoms with Gasteiger partial charge in [-0.1, -0.05) is 41.1 Å². The summed E-state index contributed by atoms with van der Waals surface area (Å²) >= 11 is 7.41. The van der Waals surface area contributed by atoms with Crippen LogP contribution in [0.15, 0.2) is 41.6 Å². The molecule has 0 aliphatic rings. The lowest BCUT2D eigenvalue weighted by atomic mass is 10.2. The molecule has 0 radical (unpaired) electrons. The van der Waals surface area contributed by atoms with E-state index in [1.807, 2.05) is 42.7 Å². The molecule has 32 heavy (non-hydrogen) atoms. The van der Waals surface area contributed by atoms with Crippen LogP contribution in [0.5, 0.6) is 17.2 Å². The Bertz CT molecular complexity index is 1070. The van der Waals surface area contributed by atoms with E-state index in [1.165, 1.54) is 31.5 Å². The molecule has 170 valence electrons. The molecule has 1 N–H and O–H groups in total. The van der Waals surface area contributed by atoms with Gasteiger partial charge in [-0.15, -0.1) is 10.2 Å². The largest absolute Gasteiger partial charge is 0.495 e. The van der Waals surface area contributed by atoms with E-state index < -0.39 is 0 Å². The van der Waals surface area contributed by atoms with E-state index in [2.05, 4.69) is 15.5 Å². The lowest BCUT2D eigenvalue weighted by Crippen LogP contribution is -2.15. The highest BCUT2D eigenvalue weighted by Gasteiger charge is 2.16. The number of carbonyl (C=O) groups is 1. The normalized spacial score (nSPS) is 10.7. The quantitative estimate of drug-likeness (QED) is 0.428. The molecule has 0 aliphatic heterocycles. The molecule has 2 aromatic carbocycles. The number of rotatable bonds is 10. The van der Waals surface area contributed by atoms with Crippen LogP contribution in [-0.2, 0) is 17.9 Å². The Morgan fingerprint density at radius 2 is 1.84 bits per heavy atom. The summed E-state index contributed by atoms with van der Waals surface area (Å²) in [6.45, 7) is 4.97. The maximum absolute atomic E-state index is 12.5. The van der Waals surface area contributed by atoms with E-state index in [0.717, 1.165) is 5.75 Å². The number of benzene rings is 2. The fraction of sp³-hybridized carbons (Fsp3) is 0.318. The maximum atomic E-state index is 12.5. The number of aromatic nitrogens is 3. The third-order valence-corrected chi connectivity index (χ3v) is 5.84. The number of thioether (sulfide) groups is 1. The monoisotopic (exact) mass is 476 g/mol. The summed E-state index contributed by atoms with van der Waals surface area (Å²) in [6.07, 6.45) is 0. The number of hydrogen-bond acceptors (Lipinski definition) is 7. The minimum Gasteiger partial charge on any atom is -0.495 e. The third kappa shape index (κ3) is 5.86. The van der Waals surface area contributed by atoms with Gasteiger partial charge in [-0.05, 0) is 26.0 Å². The Labute approximate surface area is 196 Å². The van der Waals surface area contributed by atoms with Crippen molar-refractivity contribution >= 4 is 35.0 Å². The Morgan fingerprint density at radius 3 is 2.50 bits per heavy atom. The molecule has 1 heterocycles. The van der Waals surface area contributed by atoms with Crippen LogP contribution in [0.2, 0.25) is 5.02 Å². The number of carbonyl (C=O) groups excluding carboxylic acids is 1. The van der Waals surface area contributed by atoms with Crippen molar-refractivity contribution in [1.29, 1.82) is 0 Å². The van der Waals surface area contributed by atoms with E-state index in [1.54, 1.807) is 12.1 Å². The number of nitrogens with one attached hydrogen (secondary N) is 1. The molecule has 0 saturated carbocycles. The molecule has 0 spiro atoms. The van der Waals surface area contributed by atoms with Gasteiger partial charge in [0.05, 0.1) is 30.7 Å². The van der Waals surface area contributed by atoms with Gasteiger partial charge in [-0.2, -0.15) is 0 Å². The molecule has 1 aromatic heterocycles. The summed E-state index contributed by atoms with van der Waals surface area (Å²) in [5, 5.41) is 12.3. The molecule has 0 atom stereocenters. The lowest BCUT2D eigenvalue weighted by molar-refractivity contribution is -0.113. The summed E-state index contributed by atoms with van der Waals surface area (Å²) in [6, 6.07) is 11.0. The van der Waals surface area contributed by atoms with Crippen molar-refractivity contribution in [1.82, 2.24) is 14.8 Å². The Morgan fingerprint density at radius 1 is 1.12 bits per heavy atom. The second-order valence-electron chi connectivity index (χ2n) is 6.77. The maximum Gasteiger partial charge on any atom is 0.234 e. The first kappa shape index (κ1) is 23.7. The van der Waals surface area contributed by atoms with Crippen LogP contribution in [0.1, 0.15) is 18.3 Å². The molecule has 0 unspecified atom stereocenters. The molecule has 10 heteroatoms. The number of ether oxygens (including phenoxy) is 3. The fourth-order valence-electron chi connectivity index (χ4n) is 2.91. The number of hydrogen-bond donors (Lipinski definition) is 1. The molecule has 0 fully saturated rings. The average molecular weight is 477 g/mol. The SMILES string of the molecule is CCn1c(COc2ccc(C)cc2)nnc1SCC(=O)Nc1cc(OC)c(Cl)cc1OC. The van der Waals surface area contributed by atoms with E-state index in [9.17, 15) is 4.79 Å². The van der Waals surface area contributed by atoms with Gasteiger partial charge in [0, 0.05) is 18.7 Å². The van der Waals surface area contributed by atoms with Crippen LogP contribution in [-0.4, -0.2) is 40.6 Å². The van der Waals surface area contributed by atoms with Crippen LogP contribution in [0.3, 0.4) is 0 Å². The molecular weight excluding hydrogens is 452 g/mol. The predicted molar refractivity (Wildman–Crippen MR) is 125 cm³/mol. The van der Waals surface area contributed by atoms with Crippen molar-refractivity contribution in [2.75, 3.05) is 25.3 Å². The Kier molecular flexibility index (Phi) is 8.24. The number of halogens is 1. The standard InChI is InChI=1S/C22H25ClN4O4S/c1-5-27-20(12-31-15-8-6-14(2)7-9-15)25-26-22(27)32-13-21(28)24-17-11-18(29-3)16(23)10-19(17)30-4/h6-11H,5,12-13H2,1-4H3,(H,24,28). The zero-order valence-electron chi connectivity index (χ0n) is 18.3. The smallest absolute Gasteiger partial charge is 0.234 e. The van der Waals surface area contributed by atoms with Gasteiger partial charge in [-0.3, -0.25) is 4.79 Å². The van der Waals surface area contributed by atoms with Gasteiger partial charge in [0.1, 0.15) is 23.9 Å². The van der Waals surface area contributed by atoms with Gasteiger partial charge in [0.2, 0.25) is 5.91 Å². The highest BCUT2D eigenvalue weighted by Crippen LogP contribution is 2.36. The summed E-state index contributed by atoms with van der Waals surface area (Å²) < 4.78 is 18.3. The van der Waals surface area contributed by atoms with E-state index >= 15 is 0 Å². The molecular formula is C22H25ClN4O4S. The first-order valence-corrected chi connectivity index (χ1v) is 11.3. The minimum absolute atomic E-state index is 0.144. The zero-order valence-corrected chi connectivity index (χ0v) is 19.9. The van der Waals surface area contributed by atoms with E-state index in [-0.39, 0.29) is 11.7 Å². The molecule has 0 aliphatic carbocycles. The van der Waals surface area contributed by atoms with Crippen molar-refractivity contribution in [2.24, 2.45) is 0 Å². The van der Waals surface area contributed by atoms with Crippen molar-refractivity contribution in [2.45, 2.75) is 32.2 Å². The van der Waals surface area contributed by atoms with Crippen molar-refractivity contribution in [3.63, 3.8) is 0 Å². The minimum atomic E-state index is -0.221. The van der Waals surface area contributed by atoms with Gasteiger partial charge in [0.15, 0.2) is 11.0 Å². The number of aryl methyl sites for hydroxylation is 1. The van der Waals surface area contributed by atoms with E-state index in [0.29, 0.717) is 46.3 Å². The average Bonchev–Trinajstić information content (AvgIpc) is 3.19. The fourth-order valence-corrected chi connectivity index (χ4v) is 3.96. The van der Waals surface area contributed by atoms with Crippen molar-refractivity contribution < 1.29 is 19.0 Å². The molecule has 3 aromatic rings. The lowest BCUT2D eigenvalue weighted by Gasteiger charge is -2.13. The van der Waals surface area contributed by atoms with E-state index in [4.69, 9.17) is 25.8 Å². The summed E-state index contributed by atoms with van der Waals surface area (Å²) in [5.74, 6) is 2.27. The molecule has 1 amide bonds. The topological polar surface area (TPSA) is 87.5 Å². The first-order chi connectivity index (χ1) is 15.4. The summed E-state index contributed by atoms with van der Waals surface area (Å²) in [7, 11) is 3.01. The van der Waals surface area contributed by atoms with Crippen LogP contribution in [0.25, 0.3) is 0 Å². The van der Waals surface area contributed by atoms with Gasteiger partial charge < -0.3 is 24.1 Å². The van der Waals surface area contributed by atoms with Crippen molar-refractivity contribution in [3.05, 3.63) is 52.8 Å². The van der Waals surface area contributed by atoms with Gasteiger partial charge in [0.25, 0.3) is 0 Å². The number of amides is 1. The van der Waals surface area contributed by atoms with Crippen LogP contribution >= 0.6 is 23.4 Å². The van der Waals surface area contributed by atoms with Gasteiger partial charge in [-0.25, -0.2) is 0 Å². The second kappa shape index (κ2) is 11.1. The third-order valence-electron chi connectivity index (χ3n) is 4.58. The number of methoxy groups -OCH3 is 2. The van der Waals surface area contributed by atoms with Crippen LogP contribution < -0.4 is 19.5 Å². The molecule has 3 rings (SSSR count). The number of anilines is 1. The Hall–Kier alpha value is -2.91. The second-order valence-corrected chi connectivity index (χ2v) is 8.12. The summed E-state index contributed by atoms with van der Waals surface area (Å²) in [4.78, 5) is 12.5.